The van der Waals surface area contributed by atoms with E-state index < -0.39 is 0 Å². The van der Waals surface area contributed by atoms with Gasteiger partial charge in [0.2, 0.25) is 5.95 Å². The van der Waals surface area contributed by atoms with Crippen LogP contribution in [0.3, 0.4) is 0 Å². The van der Waals surface area contributed by atoms with E-state index in [9.17, 15) is 10.2 Å². The number of hydrogen-bond acceptors (Lipinski definition) is 6. The number of nitrogens with one attached hydrogen (secondary N) is 1. The third kappa shape index (κ3) is 3.55. The number of benzene rings is 3. The fourth-order valence-corrected chi connectivity index (χ4v) is 2.65. The lowest BCUT2D eigenvalue weighted by Gasteiger charge is -2.11. The zero-order valence-electron chi connectivity index (χ0n) is 14.2. The molecule has 27 heavy (non-hydrogen) atoms. The first kappa shape index (κ1) is 16.5. The van der Waals surface area contributed by atoms with Crippen LogP contribution in [0.1, 0.15) is 0 Å². The SMILES string of the molecule is Oc1ccccc1-c1nc(Nc2ccccc2)nc(-c2ccccc2O)n1. The van der Waals surface area contributed by atoms with Crippen LogP contribution in [-0.4, -0.2) is 25.2 Å². The number of hydrogen-bond donors (Lipinski definition) is 3. The molecule has 0 unspecified atom stereocenters. The molecule has 3 N–H and O–H groups in total. The summed E-state index contributed by atoms with van der Waals surface area (Å²) >= 11 is 0. The average Bonchev–Trinajstić information content (AvgIpc) is 2.69. The number of rotatable bonds is 4. The summed E-state index contributed by atoms with van der Waals surface area (Å²) in [5.41, 5.74) is 1.77. The Morgan fingerprint density at radius 1 is 0.556 bits per heavy atom. The molecule has 0 saturated heterocycles. The van der Waals surface area contributed by atoms with Crippen LogP contribution in [0.4, 0.5) is 11.6 Å². The second-order valence-corrected chi connectivity index (χ2v) is 5.83. The van der Waals surface area contributed by atoms with Crippen molar-refractivity contribution in [2.45, 2.75) is 0 Å². The monoisotopic (exact) mass is 356 g/mol. The minimum absolute atomic E-state index is 0.0672. The molecule has 0 aliphatic rings. The molecular formula is C21H16N4O2. The highest BCUT2D eigenvalue weighted by atomic mass is 16.3. The van der Waals surface area contributed by atoms with Gasteiger partial charge in [-0.2, -0.15) is 9.97 Å². The smallest absolute Gasteiger partial charge is 0.231 e. The Hall–Kier alpha value is -3.93. The van der Waals surface area contributed by atoms with Crippen LogP contribution in [0.25, 0.3) is 22.8 Å². The Morgan fingerprint density at radius 2 is 1.04 bits per heavy atom. The molecule has 0 radical (unpaired) electrons. The van der Waals surface area contributed by atoms with Crippen molar-refractivity contribution in [1.82, 2.24) is 15.0 Å². The number of aromatic nitrogens is 3. The first-order valence-electron chi connectivity index (χ1n) is 8.35. The minimum atomic E-state index is 0.0672. The molecule has 0 saturated carbocycles. The molecular weight excluding hydrogens is 340 g/mol. The number of phenols is 2. The maximum absolute atomic E-state index is 10.2. The van der Waals surface area contributed by atoms with Gasteiger partial charge in [0, 0.05) is 5.69 Å². The molecule has 1 heterocycles. The van der Waals surface area contributed by atoms with Crippen LogP contribution in [0, 0.1) is 0 Å². The van der Waals surface area contributed by atoms with Crippen LogP contribution in [-0.2, 0) is 0 Å². The zero-order chi connectivity index (χ0) is 18.6. The third-order valence-corrected chi connectivity index (χ3v) is 3.96. The van der Waals surface area contributed by atoms with Gasteiger partial charge < -0.3 is 15.5 Å². The molecule has 4 aromatic rings. The predicted octanol–water partition coefficient (Wildman–Crippen LogP) is 4.36. The number of aromatic hydroxyl groups is 2. The second-order valence-electron chi connectivity index (χ2n) is 5.83. The molecule has 0 fully saturated rings. The molecule has 0 atom stereocenters. The Morgan fingerprint density at radius 3 is 1.56 bits per heavy atom. The van der Waals surface area contributed by atoms with E-state index in [1.54, 1.807) is 48.5 Å². The standard InChI is InChI=1S/C21H16N4O2/c26-17-12-6-4-10-15(17)19-23-20(16-11-5-7-13-18(16)27)25-21(24-19)22-14-8-2-1-3-9-14/h1-13,26-27H,(H,22,23,24,25). The van der Waals surface area contributed by atoms with E-state index in [2.05, 4.69) is 20.3 Å². The molecule has 0 amide bonds. The topological polar surface area (TPSA) is 91.2 Å². The van der Waals surface area contributed by atoms with Gasteiger partial charge in [0.05, 0.1) is 11.1 Å². The molecule has 0 spiro atoms. The second kappa shape index (κ2) is 7.13. The van der Waals surface area contributed by atoms with Crippen molar-refractivity contribution in [3.63, 3.8) is 0 Å². The Kier molecular flexibility index (Phi) is 4.37. The quantitative estimate of drug-likeness (QED) is 0.503. The lowest BCUT2D eigenvalue weighted by Crippen LogP contribution is -2.03. The van der Waals surface area contributed by atoms with Crippen molar-refractivity contribution < 1.29 is 10.2 Å². The zero-order valence-corrected chi connectivity index (χ0v) is 14.2. The predicted molar refractivity (Wildman–Crippen MR) is 104 cm³/mol. The summed E-state index contributed by atoms with van der Waals surface area (Å²) in [5.74, 6) is 1.06. The van der Waals surface area contributed by atoms with Gasteiger partial charge in [0.1, 0.15) is 11.5 Å². The lowest BCUT2D eigenvalue weighted by molar-refractivity contribution is 0.477. The van der Waals surface area contributed by atoms with Crippen molar-refractivity contribution in [1.29, 1.82) is 0 Å². The molecule has 3 aromatic carbocycles. The molecule has 0 bridgehead atoms. The molecule has 0 aliphatic heterocycles. The van der Waals surface area contributed by atoms with Crippen LogP contribution in [0.15, 0.2) is 78.9 Å². The lowest BCUT2D eigenvalue weighted by atomic mass is 10.1. The highest BCUT2D eigenvalue weighted by Crippen LogP contribution is 2.31. The van der Waals surface area contributed by atoms with Gasteiger partial charge in [0.25, 0.3) is 0 Å². The van der Waals surface area contributed by atoms with Gasteiger partial charge in [-0.15, -0.1) is 0 Å². The average molecular weight is 356 g/mol. The first-order chi connectivity index (χ1) is 13.2. The van der Waals surface area contributed by atoms with Gasteiger partial charge in [-0.05, 0) is 36.4 Å². The van der Waals surface area contributed by atoms with E-state index in [4.69, 9.17) is 0 Å². The highest BCUT2D eigenvalue weighted by molar-refractivity contribution is 5.70. The molecule has 6 heteroatoms. The summed E-state index contributed by atoms with van der Waals surface area (Å²) in [4.78, 5) is 13.3. The minimum Gasteiger partial charge on any atom is -0.507 e. The van der Waals surface area contributed by atoms with E-state index in [0.29, 0.717) is 28.7 Å². The summed E-state index contributed by atoms with van der Waals surface area (Å²) in [7, 11) is 0. The molecule has 132 valence electrons. The van der Waals surface area contributed by atoms with Gasteiger partial charge in [-0.3, -0.25) is 0 Å². The van der Waals surface area contributed by atoms with E-state index >= 15 is 0 Å². The van der Waals surface area contributed by atoms with Gasteiger partial charge in [-0.25, -0.2) is 4.98 Å². The Balaban J connectivity index is 1.86. The van der Waals surface area contributed by atoms with Crippen molar-refractivity contribution in [2.24, 2.45) is 0 Å². The van der Waals surface area contributed by atoms with Crippen molar-refractivity contribution in [3.05, 3.63) is 78.9 Å². The maximum atomic E-state index is 10.2. The molecule has 1 aromatic heterocycles. The summed E-state index contributed by atoms with van der Waals surface area (Å²) in [6.07, 6.45) is 0. The van der Waals surface area contributed by atoms with Crippen molar-refractivity contribution >= 4 is 11.6 Å². The van der Waals surface area contributed by atoms with Crippen LogP contribution >= 0.6 is 0 Å². The van der Waals surface area contributed by atoms with Crippen LogP contribution in [0.5, 0.6) is 11.5 Å². The number of anilines is 2. The van der Waals surface area contributed by atoms with Gasteiger partial charge in [-0.1, -0.05) is 42.5 Å². The summed E-state index contributed by atoms with van der Waals surface area (Å²) in [6.45, 7) is 0. The fraction of sp³-hybridized carbons (Fsp3) is 0. The van der Waals surface area contributed by atoms with Crippen molar-refractivity contribution in [3.8, 4) is 34.3 Å². The third-order valence-electron chi connectivity index (χ3n) is 3.96. The van der Waals surface area contributed by atoms with E-state index in [0.717, 1.165) is 5.69 Å². The Labute approximate surface area is 155 Å². The normalized spacial score (nSPS) is 10.5. The number of para-hydroxylation sites is 3. The van der Waals surface area contributed by atoms with Gasteiger partial charge >= 0.3 is 0 Å². The Bertz CT molecular complexity index is 1020. The summed E-state index contributed by atoms with van der Waals surface area (Å²) < 4.78 is 0. The molecule has 4 rings (SSSR count). The molecule has 6 nitrogen and oxygen atoms in total. The van der Waals surface area contributed by atoms with Crippen LogP contribution < -0.4 is 5.32 Å². The van der Waals surface area contributed by atoms with E-state index in [1.165, 1.54) is 0 Å². The molecule has 0 aliphatic carbocycles. The first-order valence-corrected chi connectivity index (χ1v) is 8.35. The van der Waals surface area contributed by atoms with E-state index in [1.807, 2.05) is 30.3 Å². The summed E-state index contributed by atoms with van der Waals surface area (Å²) in [5, 5.41) is 23.5. The van der Waals surface area contributed by atoms with Gasteiger partial charge in [0.15, 0.2) is 11.6 Å². The van der Waals surface area contributed by atoms with Crippen LogP contribution in [0.2, 0.25) is 0 Å². The van der Waals surface area contributed by atoms with E-state index in [-0.39, 0.29) is 11.5 Å². The number of nitrogens with zero attached hydrogens (tertiary/aromatic N) is 3. The fourth-order valence-electron chi connectivity index (χ4n) is 2.65. The summed E-state index contributed by atoms with van der Waals surface area (Å²) in [6, 6.07) is 23.1. The maximum Gasteiger partial charge on any atom is 0.231 e. The largest absolute Gasteiger partial charge is 0.507 e. The number of phenolic OH excluding ortho intramolecular Hbond substituents is 2. The highest BCUT2D eigenvalue weighted by Gasteiger charge is 2.15. The van der Waals surface area contributed by atoms with Crippen molar-refractivity contribution in [2.75, 3.05) is 5.32 Å².